The Morgan fingerprint density at radius 1 is 1.31 bits per heavy atom. The molecule has 1 heteroatoms. The molecular formula is C12H21F. The van der Waals surface area contributed by atoms with Gasteiger partial charge in [-0.05, 0) is 44.6 Å². The van der Waals surface area contributed by atoms with Crippen LogP contribution in [0.1, 0.15) is 52.4 Å². The number of halogens is 1. The van der Waals surface area contributed by atoms with Gasteiger partial charge in [0, 0.05) is 0 Å². The highest BCUT2D eigenvalue weighted by Gasteiger charge is 2.00. The van der Waals surface area contributed by atoms with Crippen molar-refractivity contribution in [2.24, 2.45) is 0 Å². The van der Waals surface area contributed by atoms with Crippen LogP contribution in [0.4, 0.5) is 4.39 Å². The monoisotopic (exact) mass is 184 g/mol. The van der Waals surface area contributed by atoms with E-state index in [9.17, 15) is 4.39 Å². The molecule has 0 atom stereocenters. The highest BCUT2D eigenvalue weighted by molar-refractivity contribution is 5.05. The van der Waals surface area contributed by atoms with Gasteiger partial charge >= 0.3 is 0 Å². The van der Waals surface area contributed by atoms with Crippen molar-refractivity contribution < 1.29 is 4.39 Å². The smallest absolute Gasteiger partial charge is 0.0960 e. The fourth-order valence-electron chi connectivity index (χ4n) is 1.40. The van der Waals surface area contributed by atoms with E-state index in [0.717, 1.165) is 44.1 Å². The Bertz CT molecular complexity index is 164. The maximum atomic E-state index is 12.9. The summed E-state index contributed by atoms with van der Waals surface area (Å²) in [5.74, 6) is 0.0282. The summed E-state index contributed by atoms with van der Waals surface area (Å²) in [6.45, 7) is 7.32. The molecule has 0 aliphatic rings. The third-order valence-electron chi connectivity index (χ3n) is 2.18. The second-order valence-corrected chi connectivity index (χ2v) is 3.42. The summed E-state index contributed by atoms with van der Waals surface area (Å²) in [5.41, 5.74) is 1.01. The Labute approximate surface area is 81.5 Å². The van der Waals surface area contributed by atoms with E-state index in [1.54, 1.807) is 6.92 Å². The van der Waals surface area contributed by atoms with E-state index in [4.69, 9.17) is 0 Å². The van der Waals surface area contributed by atoms with Crippen LogP contribution in [-0.2, 0) is 0 Å². The van der Waals surface area contributed by atoms with E-state index in [1.165, 1.54) is 0 Å². The van der Waals surface area contributed by atoms with Crippen LogP contribution in [0.15, 0.2) is 24.1 Å². The highest BCUT2D eigenvalue weighted by Crippen LogP contribution is 2.19. The Hall–Kier alpha value is -0.590. The lowest BCUT2D eigenvalue weighted by Gasteiger charge is -2.05. The number of unbranched alkanes of at least 4 members (excludes halogenated alkanes) is 2. The molecular weight excluding hydrogens is 163 g/mol. The van der Waals surface area contributed by atoms with Gasteiger partial charge in [-0.3, -0.25) is 0 Å². The first-order chi connectivity index (χ1) is 6.22. The Kier molecular flexibility index (Phi) is 7.66. The normalized spacial score (nSPS) is 12.5. The van der Waals surface area contributed by atoms with Gasteiger partial charge in [-0.2, -0.15) is 0 Å². The molecule has 0 aliphatic carbocycles. The van der Waals surface area contributed by atoms with E-state index in [-0.39, 0.29) is 5.83 Å². The fourth-order valence-corrected chi connectivity index (χ4v) is 1.40. The Balaban J connectivity index is 3.71. The standard InChI is InChI=1S/C12H21F/c1-4-6-7-8-10-12(9-5-2)11(3)13/h4H,1,5-10H2,2-3H3/b12-11-. The van der Waals surface area contributed by atoms with Gasteiger partial charge in [0.25, 0.3) is 0 Å². The second-order valence-electron chi connectivity index (χ2n) is 3.42. The molecule has 13 heavy (non-hydrogen) atoms. The first kappa shape index (κ1) is 12.4. The van der Waals surface area contributed by atoms with Crippen molar-refractivity contribution in [1.29, 1.82) is 0 Å². The van der Waals surface area contributed by atoms with Gasteiger partial charge in [0.15, 0.2) is 0 Å². The van der Waals surface area contributed by atoms with Gasteiger partial charge in [0.2, 0.25) is 0 Å². The van der Waals surface area contributed by atoms with Gasteiger partial charge in [0.1, 0.15) is 0 Å². The van der Waals surface area contributed by atoms with E-state index in [0.29, 0.717) is 0 Å². The van der Waals surface area contributed by atoms with Crippen LogP contribution < -0.4 is 0 Å². The minimum Gasteiger partial charge on any atom is -0.212 e. The third kappa shape index (κ3) is 6.56. The largest absolute Gasteiger partial charge is 0.212 e. The van der Waals surface area contributed by atoms with Crippen LogP contribution >= 0.6 is 0 Å². The predicted octanol–water partition coefficient (Wildman–Crippen LogP) is 4.78. The molecule has 0 radical (unpaired) electrons. The molecule has 0 saturated heterocycles. The van der Waals surface area contributed by atoms with Gasteiger partial charge < -0.3 is 0 Å². The lowest BCUT2D eigenvalue weighted by Crippen LogP contribution is -1.87. The van der Waals surface area contributed by atoms with Crippen LogP contribution in [0.5, 0.6) is 0 Å². The van der Waals surface area contributed by atoms with Crippen molar-refractivity contribution in [3.8, 4) is 0 Å². The zero-order valence-electron chi connectivity index (χ0n) is 8.91. The molecule has 0 aromatic carbocycles. The van der Waals surface area contributed by atoms with Gasteiger partial charge in [-0.1, -0.05) is 19.4 Å². The molecule has 0 N–H and O–H groups in total. The minimum absolute atomic E-state index is 0.0282. The number of hydrogen-bond acceptors (Lipinski definition) is 0. The summed E-state index contributed by atoms with van der Waals surface area (Å²) in [5, 5.41) is 0. The first-order valence-electron chi connectivity index (χ1n) is 5.17. The maximum absolute atomic E-state index is 12.9. The number of rotatable bonds is 7. The minimum atomic E-state index is 0.0282. The van der Waals surface area contributed by atoms with Crippen molar-refractivity contribution in [3.63, 3.8) is 0 Å². The molecule has 0 bridgehead atoms. The molecule has 0 aromatic heterocycles. The average Bonchev–Trinajstić information content (AvgIpc) is 2.10. The number of allylic oxidation sites excluding steroid dienone is 3. The molecule has 0 unspecified atom stereocenters. The molecule has 0 nitrogen and oxygen atoms in total. The predicted molar refractivity (Wildman–Crippen MR) is 57.4 cm³/mol. The SMILES string of the molecule is C=CCCCC/C(CCC)=C(/C)F. The van der Waals surface area contributed by atoms with Gasteiger partial charge in [-0.25, -0.2) is 4.39 Å². The molecule has 0 fully saturated rings. The molecule has 0 amide bonds. The van der Waals surface area contributed by atoms with Crippen molar-refractivity contribution in [2.75, 3.05) is 0 Å². The van der Waals surface area contributed by atoms with Crippen molar-refractivity contribution in [2.45, 2.75) is 52.4 Å². The van der Waals surface area contributed by atoms with E-state index in [1.807, 2.05) is 6.08 Å². The van der Waals surface area contributed by atoms with Crippen LogP contribution in [0, 0.1) is 0 Å². The molecule has 0 spiro atoms. The summed E-state index contributed by atoms with van der Waals surface area (Å²) < 4.78 is 12.9. The fraction of sp³-hybridized carbons (Fsp3) is 0.667. The summed E-state index contributed by atoms with van der Waals surface area (Å²) in [7, 11) is 0. The lowest BCUT2D eigenvalue weighted by molar-refractivity contribution is 0.593. The summed E-state index contributed by atoms with van der Waals surface area (Å²) in [6.07, 6.45) is 8.06. The molecule has 0 heterocycles. The van der Waals surface area contributed by atoms with Crippen LogP contribution in [0.2, 0.25) is 0 Å². The molecule has 0 saturated carbocycles. The van der Waals surface area contributed by atoms with Gasteiger partial charge in [0.05, 0.1) is 5.83 Å². The Morgan fingerprint density at radius 3 is 2.46 bits per heavy atom. The molecule has 76 valence electrons. The van der Waals surface area contributed by atoms with Gasteiger partial charge in [-0.15, -0.1) is 6.58 Å². The van der Waals surface area contributed by atoms with E-state index < -0.39 is 0 Å². The molecule has 0 aromatic rings. The summed E-state index contributed by atoms with van der Waals surface area (Å²) >= 11 is 0. The lowest BCUT2D eigenvalue weighted by atomic mass is 10.0. The maximum Gasteiger partial charge on any atom is 0.0960 e. The molecule has 0 aliphatic heterocycles. The van der Waals surface area contributed by atoms with Crippen LogP contribution in [-0.4, -0.2) is 0 Å². The van der Waals surface area contributed by atoms with E-state index >= 15 is 0 Å². The zero-order valence-corrected chi connectivity index (χ0v) is 8.91. The zero-order chi connectivity index (χ0) is 10.1. The Morgan fingerprint density at radius 2 is 2.00 bits per heavy atom. The average molecular weight is 184 g/mol. The van der Waals surface area contributed by atoms with Crippen molar-refractivity contribution in [3.05, 3.63) is 24.1 Å². The van der Waals surface area contributed by atoms with Crippen molar-refractivity contribution >= 4 is 0 Å². The number of hydrogen-bond donors (Lipinski definition) is 0. The van der Waals surface area contributed by atoms with Crippen molar-refractivity contribution in [1.82, 2.24) is 0 Å². The topological polar surface area (TPSA) is 0 Å². The highest BCUT2D eigenvalue weighted by atomic mass is 19.1. The van der Waals surface area contributed by atoms with E-state index in [2.05, 4.69) is 13.5 Å². The van der Waals surface area contributed by atoms with Crippen LogP contribution in [0.3, 0.4) is 0 Å². The quantitative estimate of drug-likeness (QED) is 0.394. The van der Waals surface area contributed by atoms with Crippen LogP contribution in [0.25, 0.3) is 0 Å². The summed E-state index contributed by atoms with van der Waals surface area (Å²) in [4.78, 5) is 0. The third-order valence-corrected chi connectivity index (χ3v) is 2.18. The second kappa shape index (κ2) is 8.03. The first-order valence-corrected chi connectivity index (χ1v) is 5.17. The summed E-state index contributed by atoms with van der Waals surface area (Å²) in [6, 6.07) is 0. The molecule has 0 rings (SSSR count).